The van der Waals surface area contributed by atoms with Crippen molar-refractivity contribution < 1.29 is 5.11 Å². The summed E-state index contributed by atoms with van der Waals surface area (Å²) in [7, 11) is 0. The van der Waals surface area contributed by atoms with Gasteiger partial charge in [0.25, 0.3) is 0 Å². The highest BCUT2D eigenvalue weighted by molar-refractivity contribution is 6.30. The lowest BCUT2D eigenvalue weighted by Crippen LogP contribution is -2.08. The second-order valence-electron chi connectivity index (χ2n) is 3.46. The summed E-state index contributed by atoms with van der Waals surface area (Å²) in [6.07, 6.45) is -0.543. The smallest absolute Gasteiger partial charge is 0.0833 e. The molecule has 0 saturated heterocycles. The molecule has 72 valence electrons. The van der Waals surface area contributed by atoms with Crippen molar-refractivity contribution in [2.45, 2.75) is 20.0 Å². The Labute approximate surface area is 83.3 Å². The molecular formula is C10H14ClNO. The van der Waals surface area contributed by atoms with Crippen LogP contribution in [0.25, 0.3) is 0 Å². The summed E-state index contributed by atoms with van der Waals surface area (Å²) in [6.45, 7) is 3.87. The van der Waals surface area contributed by atoms with Crippen LogP contribution in [0, 0.1) is 5.92 Å². The molecular weight excluding hydrogens is 186 g/mol. The summed E-state index contributed by atoms with van der Waals surface area (Å²) in [4.78, 5) is 0. The van der Waals surface area contributed by atoms with E-state index in [0.29, 0.717) is 16.3 Å². The molecule has 0 aliphatic heterocycles. The minimum absolute atomic E-state index is 0.140. The molecule has 0 saturated carbocycles. The van der Waals surface area contributed by atoms with Gasteiger partial charge in [-0.25, -0.2) is 0 Å². The van der Waals surface area contributed by atoms with Crippen molar-refractivity contribution in [3.05, 3.63) is 28.8 Å². The van der Waals surface area contributed by atoms with Crippen LogP contribution in [0.5, 0.6) is 0 Å². The molecule has 1 aromatic carbocycles. The monoisotopic (exact) mass is 199 g/mol. The minimum atomic E-state index is -0.543. The summed E-state index contributed by atoms with van der Waals surface area (Å²) in [6, 6.07) is 5.14. The first-order valence-electron chi connectivity index (χ1n) is 4.25. The first-order chi connectivity index (χ1) is 6.02. The molecule has 0 fully saturated rings. The van der Waals surface area contributed by atoms with E-state index >= 15 is 0 Å². The maximum Gasteiger partial charge on any atom is 0.0833 e. The largest absolute Gasteiger partial charge is 0.398 e. The Morgan fingerprint density at radius 3 is 2.54 bits per heavy atom. The third-order valence-corrected chi connectivity index (χ3v) is 2.23. The molecule has 13 heavy (non-hydrogen) atoms. The topological polar surface area (TPSA) is 46.2 Å². The van der Waals surface area contributed by atoms with Gasteiger partial charge < -0.3 is 10.8 Å². The van der Waals surface area contributed by atoms with Crippen LogP contribution >= 0.6 is 11.6 Å². The van der Waals surface area contributed by atoms with E-state index in [1.54, 1.807) is 18.2 Å². The van der Waals surface area contributed by atoms with Crippen molar-refractivity contribution in [2.75, 3.05) is 5.73 Å². The van der Waals surface area contributed by atoms with E-state index in [2.05, 4.69) is 0 Å². The fourth-order valence-corrected chi connectivity index (χ4v) is 1.34. The van der Waals surface area contributed by atoms with Gasteiger partial charge in [0.1, 0.15) is 0 Å². The molecule has 0 heterocycles. The van der Waals surface area contributed by atoms with E-state index in [4.69, 9.17) is 17.3 Å². The number of benzene rings is 1. The number of hydrogen-bond acceptors (Lipinski definition) is 2. The third kappa shape index (κ3) is 2.36. The average molecular weight is 200 g/mol. The Morgan fingerprint density at radius 1 is 1.38 bits per heavy atom. The first kappa shape index (κ1) is 10.4. The highest BCUT2D eigenvalue weighted by Crippen LogP contribution is 2.28. The molecule has 1 atom stereocenters. The molecule has 0 amide bonds. The Bertz CT molecular complexity index is 299. The summed E-state index contributed by atoms with van der Waals surface area (Å²) >= 11 is 5.80. The van der Waals surface area contributed by atoms with Crippen molar-refractivity contribution in [2.24, 2.45) is 5.92 Å². The zero-order chi connectivity index (χ0) is 10.0. The Balaban J connectivity index is 3.05. The third-order valence-electron chi connectivity index (χ3n) is 2.00. The van der Waals surface area contributed by atoms with Gasteiger partial charge in [-0.05, 0) is 24.1 Å². The molecule has 3 N–H and O–H groups in total. The van der Waals surface area contributed by atoms with Crippen LogP contribution in [-0.4, -0.2) is 5.11 Å². The standard InChI is InChI=1S/C10H14ClNO/c1-6(2)10(13)8-5-7(11)3-4-9(8)12/h3-6,10,13H,12H2,1-2H3. The summed E-state index contributed by atoms with van der Waals surface area (Å²) in [5, 5.41) is 10.4. The number of nitrogen functional groups attached to an aromatic ring is 1. The quantitative estimate of drug-likeness (QED) is 0.720. The minimum Gasteiger partial charge on any atom is -0.398 e. The number of aliphatic hydroxyl groups excluding tert-OH is 1. The second kappa shape index (κ2) is 3.99. The van der Waals surface area contributed by atoms with Crippen LogP contribution in [0.1, 0.15) is 25.5 Å². The number of halogens is 1. The molecule has 0 aromatic heterocycles. The van der Waals surface area contributed by atoms with Gasteiger partial charge in [0.05, 0.1) is 6.10 Å². The zero-order valence-corrected chi connectivity index (χ0v) is 8.55. The van der Waals surface area contributed by atoms with Crippen molar-refractivity contribution in [3.8, 4) is 0 Å². The van der Waals surface area contributed by atoms with E-state index < -0.39 is 6.10 Å². The average Bonchev–Trinajstić information content (AvgIpc) is 2.08. The molecule has 0 aliphatic carbocycles. The van der Waals surface area contributed by atoms with Crippen molar-refractivity contribution in [3.63, 3.8) is 0 Å². The predicted octanol–water partition coefficient (Wildman–Crippen LogP) is 2.61. The molecule has 0 bridgehead atoms. The van der Waals surface area contributed by atoms with Gasteiger partial charge in [-0.2, -0.15) is 0 Å². The van der Waals surface area contributed by atoms with Crippen LogP contribution in [0.3, 0.4) is 0 Å². The molecule has 0 spiro atoms. The fourth-order valence-electron chi connectivity index (χ4n) is 1.16. The van der Waals surface area contributed by atoms with Gasteiger partial charge in [-0.15, -0.1) is 0 Å². The van der Waals surface area contributed by atoms with Gasteiger partial charge >= 0.3 is 0 Å². The normalized spacial score (nSPS) is 13.3. The molecule has 0 radical (unpaired) electrons. The van der Waals surface area contributed by atoms with Gasteiger partial charge in [0.2, 0.25) is 0 Å². The Hall–Kier alpha value is -0.730. The summed E-state index contributed by atoms with van der Waals surface area (Å²) < 4.78 is 0. The predicted molar refractivity (Wildman–Crippen MR) is 55.7 cm³/mol. The van der Waals surface area contributed by atoms with E-state index in [9.17, 15) is 5.11 Å². The van der Waals surface area contributed by atoms with Crippen LogP contribution < -0.4 is 5.73 Å². The first-order valence-corrected chi connectivity index (χ1v) is 4.63. The molecule has 1 unspecified atom stereocenters. The van der Waals surface area contributed by atoms with E-state index in [0.717, 1.165) is 0 Å². The molecule has 2 nitrogen and oxygen atoms in total. The van der Waals surface area contributed by atoms with E-state index in [-0.39, 0.29) is 5.92 Å². The maximum absolute atomic E-state index is 9.76. The summed E-state index contributed by atoms with van der Waals surface area (Å²) in [5.41, 5.74) is 7.01. The van der Waals surface area contributed by atoms with Crippen LogP contribution in [0.15, 0.2) is 18.2 Å². The molecule has 1 aromatic rings. The van der Waals surface area contributed by atoms with E-state index in [1.165, 1.54) is 0 Å². The number of nitrogens with two attached hydrogens (primary N) is 1. The lowest BCUT2D eigenvalue weighted by molar-refractivity contribution is 0.127. The lowest BCUT2D eigenvalue weighted by atomic mass is 9.98. The van der Waals surface area contributed by atoms with Gasteiger partial charge in [-0.1, -0.05) is 25.4 Å². The Morgan fingerprint density at radius 2 is 2.00 bits per heavy atom. The van der Waals surface area contributed by atoms with Crippen LogP contribution in [0.4, 0.5) is 5.69 Å². The van der Waals surface area contributed by atoms with Crippen molar-refractivity contribution >= 4 is 17.3 Å². The SMILES string of the molecule is CC(C)C(O)c1cc(Cl)ccc1N. The molecule has 3 heteroatoms. The van der Waals surface area contributed by atoms with E-state index in [1.807, 2.05) is 13.8 Å². The number of anilines is 1. The van der Waals surface area contributed by atoms with Crippen LogP contribution in [-0.2, 0) is 0 Å². The Kier molecular flexibility index (Phi) is 3.17. The van der Waals surface area contributed by atoms with Gasteiger partial charge in [0.15, 0.2) is 0 Å². The number of hydrogen-bond donors (Lipinski definition) is 2. The summed E-state index contributed by atoms with van der Waals surface area (Å²) in [5.74, 6) is 0.140. The van der Waals surface area contributed by atoms with Crippen LogP contribution in [0.2, 0.25) is 5.02 Å². The second-order valence-corrected chi connectivity index (χ2v) is 3.90. The zero-order valence-electron chi connectivity index (χ0n) is 7.79. The maximum atomic E-state index is 9.76. The fraction of sp³-hybridized carbons (Fsp3) is 0.400. The lowest BCUT2D eigenvalue weighted by Gasteiger charge is -2.16. The number of aliphatic hydroxyl groups is 1. The molecule has 1 rings (SSSR count). The van der Waals surface area contributed by atoms with Crippen molar-refractivity contribution in [1.82, 2.24) is 0 Å². The highest BCUT2D eigenvalue weighted by atomic mass is 35.5. The molecule has 0 aliphatic rings. The van der Waals surface area contributed by atoms with Crippen molar-refractivity contribution in [1.29, 1.82) is 0 Å². The van der Waals surface area contributed by atoms with Gasteiger partial charge in [-0.3, -0.25) is 0 Å². The number of rotatable bonds is 2. The highest BCUT2D eigenvalue weighted by Gasteiger charge is 2.14. The van der Waals surface area contributed by atoms with Gasteiger partial charge in [0, 0.05) is 16.3 Å².